The van der Waals surface area contributed by atoms with Crippen molar-refractivity contribution < 1.29 is 9.47 Å². The molecule has 2 aromatic rings. The second-order valence-corrected chi connectivity index (χ2v) is 3.78. The van der Waals surface area contributed by atoms with E-state index in [0.717, 1.165) is 22.8 Å². The van der Waals surface area contributed by atoms with Gasteiger partial charge in [0.15, 0.2) is 11.5 Å². The van der Waals surface area contributed by atoms with Crippen molar-refractivity contribution in [1.82, 2.24) is 4.98 Å². The van der Waals surface area contributed by atoms with Crippen molar-refractivity contribution in [2.75, 3.05) is 6.79 Å². The van der Waals surface area contributed by atoms with E-state index < -0.39 is 0 Å². The van der Waals surface area contributed by atoms with Crippen molar-refractivity contribution in [3.63, 3.8) is 0 Å². The fourth-order valence-electron chi connectivity index (χ4n) is 1.54. The Morgan fingerprint density at radius 3 is 2.47 bits per heavy atom. The minimum absolute atomic E-state index is 0.329. The Morgan fingerprint density at radius 1 is 1.00 bits per heavy atom. The van der Waals surface area contributed by atoms with Crippen LogP contribution < -0.4 is 9.47 Å². The highest BCUT2D eigenvalue weighted by atomic mass is 16.7. The van der Waals surface area contributed by atoms with Crippen LogP contribution in [-0.2, 0) is 0 Å². The lowest BCUT2D eigenvalue weighted by Crippen LogP contribution is -1.92. The maximum Gasteiger partial charge on any atom is 0.231 e. The molecule has 2 heterocycles. The Morgan fingerprint density at radius 2 is 1.84 bits per heavy atom. The molecule has 0 N–H and O–H groups in total. The summed E-state index contributed by atoms with van der Waals surface area (Å²) in [7, 11) is 0. The second kappa shape index (κ2) is 6.40. The summed E-state index contributed by atoms with van der Waals surface area (Å²) >= 11 is 0. The van der Waals surface area contributed by atoms with Crippen LogP contribution in [0.1, 0.15) is 11.3 Å². The Labute approximate surface area is 112 Å². The smallest absolute Gasteiger partial charge is 0.231 e. The Hall–Kier alpha value is -2.55. The zero-order valence-corrected chi connectivity index (χ0v) is 10.6. The molecule has 96 valence electrons. The van der Waals surface area contributed by atoms with Gasteiger partial charge in [-0.2, -0.15) is 0 Å². The maximum absolute atomic E-state index is 5.17. The van der Waals surface area contributed by atoms with Crippen molar-refractivity contribution in [3.05, 3.63) is 67.0 Å². The van der Waals surface area contributed by atoms with E-state index in [1.807, 2.05) is 36.4 Å². The Kier molecular flexibility index (Phi) is 4.34. The number of ether oxygens (including phenoxy) is 2. The van der Waals surface area contributed by atoms with Crippen LogP contribution in [0.4, 0.5) is 0 Å². The van der Waals surface area contributed by atoms with Crippen LogP contribution in [0.5, 0.6) is 11.5 Å². The number of rotatable bonds is 2. The number of pyridine rings is 1. The molecule has 1 aliphatic rings. The molecule has 0 radical (unpaired) electrons. The molecule has 0 unspecified atom stereocenters. The largest absolute Gasteiger partial charge is 0.454 e. The molecule has 3 rings (SSSR count). The standard InChI is InChI=1S/C9H8O2.C7H7N/c1-2-7-3-4-8-9(5-7)11-6-10-8;1-2-7-5-3-4-6-8-7/h2-5H,1,6H2;2-6H,1H2. The molecule has 0 atom stereocenters. The number of hydrogen-bond donors (Lipinski definition) is 0. The topological polar surface area (TPSA) is 31.4 Å². The maximum atomic E-state index is 5.17. The van der Waals surface area contributed by atoms with Crippen LogP contribution in [0, 0.1) is 0 Å². The van der Waals surface area contributed by atoms with Crippen LogP contribution in [0.25, 0.3) is 12.2 Å². The molecule has 0 spiro atoms. The van der Waals surface area contributed by atoms with Gasteiger partial charge in [-0.25, -0.2) is 0 Å². The van der Waals surface area contributed by atoms with Gasteiger partial charge in [0, 0.05) is 6.20 Å². The molecule has 1 aromatic carbocycles. The van der Waals surface area contributed by atoms with Crippen molar-refractivity contribution in [2.24, 2.45) is 0 Å². The molecular weight excluding hydrogens is 238 g/mol. The molecule has 0 saturated carbocycles. The second-order valence-electron chi connectivity index (χ2n) is 3.78. The van der Waals surface area contributed by atoms with E-state index in [9.17, 15) is 0 Å². The van der Waals surface area contributed by atoms with Gasteiger partial charge in [0.1, 0.15) is 0 Å². The molecule has 1 aromatic heterocycles. The van der Waals surface area contributed by atoms with Crippen molar-refractivity contribution in [3.8, 4) is 11.5 Å². The lowest BCUT2D eigenvalue weighted by atomic mass is 10.2. The van der Waals surface area contributed by atoms with Gasteiger partial charge in [0.05, 0.1) is 5.69 Å². The fourth-order valence-corrected chi connectivity index (χ4v) is 1.54. The highest BCUT2D eigenvalue weighted by molar-refractivity contribution is 5.55. The van der Waals surface area contributed by atoms with Gasteiger partial charge in [-0.05, 0) is 35.9 Å². The summed E-state index contributed by atoms with van der Waals surface area (Å²) in [5, 5.41) is 0. The first kappa shape index (κ1) is 12.9. The monoisotopic (exact) mass is 253 g/mol. The lowest BCUT2D eigenvalue weighted by molar-refractivity contribution is 0.174. The summed E-state index contributed by atoms with van der Waals surface area (Å²) in [5.74, 6) is 1.62. The highest BCUT2D eigenvalue weighted by Gasteiger charge is 2.11. The number of fused-ring (bicyclic) bond motifs is 1. The van der Waals surface area contributed by atoms with Gasteiger partial charge in [-0.1, -0.05) is 31.4 Å². The van der Waals surface area contributed by atoms with Crippen molar-refractivity contribution >= 4 is 12.2 Å². The van der Waals surface area contributed by atoms with Crippen LogP contribution in [0.2, 0.25) is 0 Å². The predicted molar refractivity (Wildman–Crippen MR) is 77.0 cm³/mol. The van der Waals surface area contributed by atoms with Gasteiger partial charge in [-0.15, -0.1) is 0 Å². The number of hydrogen-bond acceptors (Lipinski definition) is 3. The summed E-state index contributed by atoms with van der Waals surface area (Å²) in [4.78, 5) is 3.98. The molecule has 0 saturated heterocycles. The first-order valence-electron chi connectivity index (χ1n) is 5.89. The van der Waals surface area contributed by atoms with E-state index >= 15 is 0 Å². The van der Waals surface area contributed by atoms with Gasteiger partial charge >= 0.3 is 0 Å². The summed E-state index contributed by atoms with van der Waals surface area (Å²) in [5.41, 5.74) is 1.97. The lowest BCUT2D eigenvalue weighted by Gasteiger charge is -1.95. The first-order chi connectivity index (χ1) is 9.33. The van der Waals surface area contributed by atoms with Crippen LogP contribution in [0.15, 0.2) is 55.8 Å². The van der Waals surface area contributed by atoms with Gasteiger partial charge < -0.3 is 9.47 Å². The molecule has 1 aliphatic heterocycles. The van der Waals surface area contributed by atoms with Gasteiger partial charge in [0.2, 0.25) is 6.79 Å². The predicted octanol–water partition coefficient (Wildman–Crippen LogP) is 3.78. The molecule has 19 heavy (non-hydrogen) atoms. The summed E-state index contributed by atoms with van der Waals surface area (Å²) in [6.07, 6.45) is 5.25. The van der Waals surface area contributed by atoms with E-state index in [0.29, 0.717) is 6.79 Å². The molecule has 3 nitrogen and oxygen atoms in total. The number of nitrogens with zero attached hydrogens (tertiary/aromatic N) is 1. The van der Waals surface area contributed by atoms with E-state index in [1.165, 1.54) is 0 Å². The summed E-state index contributed by atoms with van der Waals surface area (Å²) < 4.78 is 10.3. The van der Waals surface area contributed by atoms with Crippen LogP contribution in [-0.4, -0.2) is 11.8 Å². The van der Waals surface area contributed by atoms with E-state index in [2.05, 4.69) is 18.1 Å². The molecule has 0 aliphatic carbocycles. The zero-order valence-electron chi connectivity index (χ0n) is 10.6. The quantitative estimate of drug-likeness (QED) is 0.816. The average molecular weight is 253 g/mol. The molecule has 0 bridgehead atoms. The molecular formula is C16H15NO2. The normalized spacial score (nSPS) is 11.2. The Balaban J connectivity index is 0.000000148. The van der Waals surface area contributed by atoms with Crippen LogP contribution in [0.3, 0.4) is 0 Å². The van der Waals surface area contributed by atoms with E-state index in [4.69, 9.17) is 9.47 Å². The first-order valence-corrected chi connectivity index (χ1v) is 5.89. The highest BCUT2D eigenvalue weighted by Crippen LogP contribution is 2.32. The zero-order chi connectivity index (χ0) is 13.5. The molecule has 3 heteroatoms. The SMILES string of the molecule is C=Cc1ccc2c(c1)OCO2.C=Cc1ccccn1. The fraction of sp³-hybridized carbons (Fsp3) is 0.0625. The number of benzene rings is 1. The minimum atomic E-state index is 0.329. The van der Waals surface area contributed by atoms with Crippen molar-refractivity contribution in [1.29, 1.82) is 0 Å². The average Bonchev–Trinajstić information content (AvgIpc) is 2.96. The van der Waals surface area contributed by atoms with Crippen LogP contribution >= 0.6 is 0 Å². The third-order valence-corrected chi connectivity index (χ3v) is 2.53. The van der Waals surface area contributed by atoms with E-state index in [1.54, 1.807) is 18.3 Å². The third kappa shape index (κ3) is 3.45. The van der Waals surface area contributed by atoms with E-state index in [-0.39, 0.29) is 0 Å². The summed E-state index contributed by atoms with van der Waals surface area (Å²) in [6.45, 7) is 7.56. The minimum Gasteiger partial charge on any atom is -0.454 e. The number of aromatic nitrogens is 1. The Bertz CT molecular complexity index is 564. The van der Waals surface area contributed by atoms with Gasteiger partial charge in [-0.3, -0.25) is 4.98 Å². The summed E-state index contributed by atoms with van der Waals surface area (Å²) in [6, 6.07) is 11.5. The third-order valence-electron chi connectivity index (χ3n) is 2.53. The van der Waals surface area contributed by atoms with Gasteiger partial charge in [0.25, 0.3) is 0 Å². The van der Waals surface area contributed by atoms with Crippen molar-refractivity contribution in [2.45, 2.75) is 0 Å². The molecule has 0 fully saturated rings. The molecule has 0 amide bonds.